The molecule has 2 fully saturated rings. The molecule has 0 heterocycles. The maximum atomic E-state index is 11.2. The highest BCUT2D eigenvalue weighted by molar-refractivity contribution is 5.86. The second kappa shape index (κ2) is 5.24. The molecule has 0 aromatic rings. The Hall–Kier alpha value is -0.790. The third-order valence-corrected chi connectivity index (χ3v) is 4.80. The van der Waals surface area contributed by atoms with Crippen LogP contribution in [0.1, 0.15) is 46.0 Å². The van der Waals surface area contributed by atoms with Gasteiger partial charge in [-0.25, -0.2) is 4.79 Å². The maximum absolute atomic E-state index is 11.2. The summed E-state index contributed by atoms with van der Waals surface area (Å²) in [7, 11) is 0. The van der Waals surface area contributed by atoms with Crippen molar-refractivity contribution in [2.45, 2.75) is 46.0 Å². The summed E-state index contributed by atoms with van der Waals surface area (Å²) >= 11 is 0. The number of rotatable bonds is 5. The van der Waals surface area contributed by atoms with E-state index in [1.165, 1.54) is 25.7 Å². The van der Waals surface area contributed by atoms with E-state index in [0.29, 0.717) is 12.2 Å². The summed E-state index contributed by atoms with van der Waals surface area (Å²) in [5, 5.41) is 0. The van der Waals surface area contributed by atoms with Crippen LogP contribution >= 0.6 is 0 Å². The summed E-state index contributed by atoms with van der Waals surface area (Å²) in [4.78, 5) is 11.2. The van der Waals surface area contributed by atoms with Crippen LogP contribution in [-0.4, -0.2) is 12.6 Å². The molecule has 2 rings (SSSR count). The van der Waals surface area contributed by atoms with E-state index in [1.807, 2.05) is 0 Å². The molecule has 0 spiro atoms. The zero-order valence-corrected chi connectivity index (χ0v) is 11.1. The van der Waals surface area contributed by atoms with Gasteiger partial charge in [0.05, 0.1) is 6.61 Å². The Labute approximate surface area is 104 Å². The molecule has 2 saturated carbocycles. The molecule has 4 unspecified atom stereocenters. The normalized spacial score (nSPS) is 34.9. The van der Waals surface area contributed by atoms with E-state index in [1.54, 1.807) is 6.92 Å². The number of hydrogen-bond donors (Lipinski definition) is 0. The van der Waals surface area contributed by atoms with Gasteiger partial charge in [0, 0.05) is 5.57 Å². The van der Waals surface area contributed by atoms with Gasteiger partial charge in [-0.05, 0) is 62.7 Å². The van der Waals surface area contributed by atoms with E-state index in [0.717, 1.165) is 30.1 Å². The third-order valence-electron chi connectivity index (χ3n) is 4.80. The van der Waals surface area contributed by atoms with Gasteiger partial charge in [0.25, 0.3) is 0 Å². The van der Waals surface area contributed by atoms with Gasteiger partial charge in [-0.1, -0.05) is 13.5 Å². The average Bonchev–Trinajstić information content (AvgIpc) is 2.86. The first-order chi connectivity index (χ1) is 8.09. The monoisotopic (exact) mass is 236 g/mol. The summed E-state index contributed by atoms with van der Waals surface area (Å²) in [5.74, 6) is 3.49. The van der Waals surface area contributed by atoms with Crippen LogP contribution in [0.5, 0.6) is 0 Å². The molecule has 0 radical (unpaired) electrons. The fraction of sp³-hybridized carbons (Fsp3) is 0.800. The molecule has 4 atom stereocenters. The number of ether oxygens (including phenoxy) is 1. The Morgan fingerprint density at radius 1 is 1.35 bits per heavy atom. The van der Waals surface area contributed by atoms with Crippen molar-refractivity contribution in [2.24, 2.45) is 23.7 Å². The molecule has 0 aromatic carbocycles. The summed E-state index contributed by atoms with van der Waals surface area (Å²) in [5.41, 5.74) is 0.498. The molecule has 2 nitrogen and oxygen atoms in total. The van der Waals surface area contributed by atoms with Gasteiger partial charge in [-0.3, -0.25) is 0 Å². The summed E-state index contributed by atoms with van der Waals surface area (Å²) in [6.07, 6.45) is 6.58. The maximum Gasteiger partial charge on any atom is 0.333 e. The quantitative estimate of drug-likeness (QED) is 0.414. The Balaban J connectivity index is 1.66. The van der Waals surface area contributed by atoms with Crippen molar-refractivity contribution in [3.63, 3.8) is 0 Å². The first-order valence-corrected chi connectivity index (χ1v) is 6.92. The van der Waals surface area contributed by atoms with Crippen LogP contribution < -0.4 is 0 Å². The van der Waals surface area contributed by atoms with Gasteiger partial charge in [-0.2, -0.15) is 0 Å². The van der Waals surface area contributed by atoms with E-state index in [4.69, 9.17) is 4.74 Å². The number of esters is 1. The lowest BCUT2D eigenvalue weighted by atomic mass is 9.78. The molecule has 2 heteroatoms. The van der Waals surface area contributed by atoms with Crippen LogP contribution in [0.2, 0.25) is 0 Å². The van der Waals surface area contributed by atoms with Crippen molar-refractivity contribution in [1.82, 2.24) is 0 Å². The Morgan fingerprint density at radius 3 is 2.65 bits per heavy atom. The molecule has 0 aliphatic heterocycles. The summed E-state index contributed by atoms with van der Waals surface area (Å²) < 4.78 is 5.14. The van der Waals surface area contributed by atoms with E-state index >= 15 is 0 Å². The molecule has 0 N–H and O–H groups in total. The van der Waals surface area contributed by atoms with Gasteiger partial charge >= 0.3 is 5.97 Å². The van der Waals surface area contributed by atoms with Crippen molar-refractivity contribution in [2.75, 3.05) is 6.61 Å². The lowest BCUT2D eigenvalue weighted by Gasteiger charge is -2.28. The first kappa shape index (κ1) is 12.7. The van der Waals surface area contributed by atoms with Crippen LogP contribution in [-0.2, 0) is 9.53 Å². The van der Waals surface area contributed by atoms with Crippen LogP contribution in [0, 0.1) is 23.7 Å². The highest BCUT2D eigenvalue weighted by atomic mass is 16.5. The fourth-order valence-corrected chi connectivity index (χ4v) is 3.80. The molecular formula is C15H24O2. The van der Waals surface area contributed by atoms with Crippen LogP contribution in [0.25, 0.3) is 0 Å². The smallest absolute Gasteiger partial charge is 0.333 e. The Kier molecular flexibility index (Phi) is 3.90. The van der Waals surface area contributed by atoms with Crippen LogP contribution in [0.15, 0.2) is 12.2 Å². The molecule has 96 valence electrons. The number of carbonyl (C=O) groups excluding carboxylic acids is 1. The lowest BCUT2D eigenvalue weighted by molar-refractivity contribution is -0.139. The largest absolute Gasteiger partial charge is 0.462 e. The highest BCUT2D eigenvalue weighted by Gasteiger charge is 2.44. The van der Waals surface area contributed by atoms with Gasteiger partial charge in [0.1, 0.15) is 0 Å². The topological polar surface area (TPSA) is 26.3 Å². The molecule has 0 amide bonds. The number of hydrogen-bond acceptors (Lipinski definition) is 2. The number of fused-ring (bicyclic) bond motifs is 2. The minimum Gasteiger partial charge on any atom is -0.462 e. The van der Waals surface area contributed by atoms with Crippen LogP contribution in [0.3, 0.4) is 0 Å². The minimum atomic E-state index is -0.244. The average molecular weight is 236 g/mol. The Morgan fingerprint density at radius 2 is 2.06 bits per heavy atom. The van der Waals surface area contributed by atoms with Crippen LogP contribution in [0.4, 0.5) is 0 Å². The summed E-state index contributed by atoms with van der Waals surface area (Å²) in [6, 6.07) is 0. The fourth-order valence-electron chi connectivity index (χ4n) is 3.80. The third kappa shape index (κ3) is 2.72. The predicted molar refractivity (Wildman–Crippen MR) is 68.5 cm³/mol. The van der Waals surface area contributed by atoms with Crippen molar-refractivity contribution in [1.29, 1.82) is 0 Å². The zero-order chi connectivity index (χ0) is 12.4. The van der Waals surface area contributed by atoms with E-state index in [9.17, 15) is 4.79 Å². The second-order valence-corrected chi connectivity index (χ2v) is 5.91. The van der Waals surface area contributed by atoms with Crippen molar-refractivity contribution in [3.05, 3.63) is 12.2 Å². The van der Waals surface area contributed by atoms with E-state index < -0.39 is 0 Å². The van der Waals surface area contributed by atoms with Gasteiger partial charge in [-0.15, -0.1) is 0 Å². The number of carbonyl (C=O) groups is 1. The lowest BCUT2D eigenvalue weighted by Crippen LogP contribution is -2.20. The highest BCUT2D eigenvalue weighted by Crippen LogP contribution is 2.53. The summed E-state index contributed by atoms with van der Waals surface area (Å²) in [6.45, 7) is 8.25. The first-order valence-electron chi connectivity index (χ1n) is 6.92. The molecular weight excluding hydrogens is 212 g/mol. The second-order valence-electron chi connectivity index (χ2n) is 5.91. The molecule has 0 saturated heterocycles. The van der Waals surface area contributed by atoms with Gasteiger partial charge in [0.2, 0.25) is 0 Å². The molecule has 2 aliphatic rings. The van der Waals surface area contributed by atoms with Crippen molar-refractivity contribution >= 4 is 5.97 Å². The molecule has 0 aromatic heterocycles. The van der Waals surface area contributed by atoms with Crippen molar-refractivity contribution in [3.8, 4) is 0 Å². The molecule has 2 bridgehead atoms. The van der Waals surface area contributed by atoms with Crippen molar-refractivity contribution < 1.29 is 9.53 Å². The van der Waals surface area contributed by atoms with E-state index in [2.05, 4.69) is 13.5 Å². The predicted octanol–water partition coefficient (Wildman–Crippen LogP) is 3.57. The Bertz CT molecular complexity index is 306. The van der Waals surface area contributed by atoms with Gasteiger partial charge in [0.15, 0.2) is 0 Å². The SMILES string of the molecule is C=C(C)C(=O)OCCCC1C2CCC(C2)C1C. The van der Waals surface area contributed by atoms with E-state index in [-0.39, 0.29) is 5.97 Å². The molecule has 17 heavy (non-hydrogen) atoms. The minimum absolute atomic E-state index is 0.244. The molecule has 2 aliphatic carbocycles. The van der Waals surface area contributed by atoms with Gasteiger partial charge < -0.3 is 4.74 Å². The standard InChI is InChI=1S/C15H24O2/c1-10(2)15(16)17-8-4-5-14-11(3)12-6-7-13(14)9-12/h11-14H,1,4-9H2,2-3H3. The zero-order valence-electron chi connectivity index (χ0n) is 11.1.